The number of carbonyl (C=O) groups is 1. The molecule has 0 saturated carbocycles. The lowest BCUT2D eigenvalue weighted by atomic mass is 9.85. The van der Waals surface area contributed by atoms with Crippen molar-refractivity contribution < 1.29 is 9.53 Å². The highest BCUT2D eigenvalue weighted by Crippen LogP contribution is 2.21. The molecule has 0 aromatic rings. The van der Waals surface area contributed by atoms with Crippen LogP contribution in [0.25, 0.3) is 0 Å². The summed E-state index contributed by atoms with van der Waals surface area (Å²) >= 11 is 0. The topological polar surface area (TPSA) is 50.4 Å². The van der Waals surface area contributed by atoms with E-state index in [1.165, 1.54) is 6.42 Å². The van der Waals surface area contributed by atoms with Crippen molar-refractivity contribution in [1.82, 2.24) is 10.6 Å². The van der Waals surface area contributed by atoms with Crippen LogP contribution in [0.3, 0.4) is 0 Å². The first-order chi connectivity index (χ1) is 7.78. The van der Waals surface area contributed by atoms with E-state index in [0.717, 1.165) is 6.54 Å². The van der Waals surface area contributed by atoms with Gasteiger partial charge in [0.05, 0.1) is 0 Å². The minimum Gasteiger partial charge on any atom is -0.444 e. The molecule has 100 valence electrons. The summed E-state index contributed by atoms with van der Waals surface area (Å²) in [5, 5.41) is 6.30. The van der Waals surface area contributed by atoms with Gasteiger partial charge < -0.3 is 15.4 Å². The molecule has 0 spiro atoms. The molecule has 0 aromatic heterocycles. The zero-order chi connectivity index (χ0) is 13.1. The highest BCUT2D eigenvalue weighted by Gasteiger charge is 2.25. The van der Waals surface area contributed by atoms with E-state index in [1.54, 1.807) is 0 Å². The van der Waals surface area contributed by atoms with E-state index in [4.69, 9.17) is 4.74 Å². The number of nitrogens with one attached hydrogen (secondary N) is 2. The van der Waals surface area contributed by atoms with Crippen LogP contribution in [-0.4, -0.2) is 30.8 Å². The van der Waals surface area contributed by atoms with Crippen molar-refractivity contribution in [3.63, 3.8) is 0 Å². The van der Waals surface area contributed by atoms with Gasteiger partial charge in [-0.3, -0.25) is 0 Å². The Morgan fingerprint density at radius 2 is 2.06 bits per heavy atom. The number of alkyl carbamates (subject to hydrolysis) is 1. The Balaban J connectivity index is 2.28. The maximum atomic E-state index is 11.5. The van der Waals surface area contributed by atoms with Crippen LogP contribution in [0.4, 0.5) is 4.79 Å². The highest BCUT2D eigenvalue weighted by molar-refractivity contribution is 5.67. The second-order valence-corrected chi connectivity index (χ2v) is 6.17. The number of hydrogen-bond acceptors (Lipinski definition) is 3. The summed E-state index contributed by atoms with van der Waals surface area (Å²) in [7, 11) is 0. The number of amides is 1. The van der Waals surface area contributed by atoms with Crippen LogP contribution in [0.15, 0.2) is 0 Å². The first-order valence-electron chi connectivity index (χ1n) is 6.48. The van der Waals surface area contributed by atoms with Crippen molar-refractivity contribution in [3.05, 3.63) is 0 Å². The van der Waals surface area contributed by atoms with Crippen molar-refractivity contribution >= 4 is 6.09 Å². The van der Waals surface area contributed by atoms with Crippen LogP contribution in [0.5, 0.6) is 0 Å². The van der Waals surface area contributed by atoms with E-state index < -0.39 is 5.60 Å². The molecule has 1 saturated heterocycles. The number of hydrogen-bond donors (Lipinski definition) is 2. The minimum absolute atomic E-state index is 0.316. The molecule has 0 bridgehead atoms. The number of rotatable bonds is 2. The molecule has 2 N–H and O–H groups in total. The predicted octanol–water partition coefficient (Wildman–Crippen LogP) is 2.15. The second kappa shape index (κ2) is 5.71. The third-order valence-electron chi connectivity index (χ3n) is 3.17. The Kier molecular flexibility index (Phi) is 4.80. The average molecular weight is 242 g/mol. The van der Waals surface area contributed by atoms with E-state index in [2.05, 4.69) is 24.5 Å². The lowest BCUT2D eigenvalue weighted by Crippen LogP contribution is -2.46. The summed E-state index contributed by atoms with van der Waals surface area (Å²) in [5.41, 5.74) is -0.422. The Morgan fingerprint density at radius 3 is 2.59 bits per heavy atom. The third kappa shape index (κ3) is 5.39. The molecule has 0 radical (unpaired) electrons. The SMILES string of the molecule is C[C@@H]1C[C@@H](C)[C@@H](CNC(=O)OC(C)(C)C)CN1. The van der Waals surface area contributed by atoms with Gasteiger partial charge in [-0.2, -0.15) is 0 Å². The highest BCUT2D eigenvalue weighted by atomic mass is 16.6. The smallest absolute Gasteiger partial charge is 0.407 e. The summed E-state index contributed by atoms with van der Waals surface area (Å²) < 4.78 is 5.21. The number of piperidine rings is 1. The lowest BCUT2D eigenvalue weighted by molar-refractivity contribution is 0.0508. The van der Waals surface area contributed by atoms with E-state index in [0.29, 0.717) is 24.4 Å². The maximum absolute atomic E-state index is 11.5. The molecule has 1 aliphatic rings. The van der Waals surface area contributed by atoms with Crippen LogP contribution < -0.4 is 10.6 Å². The zero-order valence-electron chi connectivity index (χ0n) is 11.7. The van der Waals surface area contributed by atoms with Crippen LogP contribution in [0, 0.1) is 11.8 Å². The fraction of sp³-hybridized carbons (Fsp3) is 0.923. The quantitative estimate of drug-likeness (QED) is 0.780. The summed E-state index contributed by atoms with van der Waals surface area (Å²) in [5.74, 6) is 1.14. The summed E-state index contributed by atoms with van der Waals surface area (Å²) in [6.45, 7) is 11.7. The molecule has 3 atom stereocenters. The Bertz CT molecular complexity index is 261. The number of ether oxygens (including phenoxy) is 1. The monoisotopic (exact) mass is 242 g/mol. The first-order valence-corrected chi connectivity index (χ1v) is 6.48. The molecule has 1 heterocycles. The Hall–Kier alpha value is -0.770. The molecular weight excluding hydrogens is 216 g/mol. The zero-order valence-corrected chi connectivity index (χ0v) is 11.7. The van der Waals surface area contributed by atoms with Gasteiger partial charge >= 0.3 is 6.09 Å². The van der Waals surface area contributed by atoms with Gasteiger partial charge in [0.2, 0.25) is 0 Å². The number of carbonyl (C=O) groups excluding carboxylic acids is 1. The van der Waals surface area contributed by atoms with Crippen LogP contribution in [0.2, 0.25) is 0 Å². The minimum atomic E-state index is -0.422. The van der Waals surface area contributed by atoms with Gasteiger partial charge in [-0.25, -0.2) is 4.79 Å². The van der Waals surface area contributed by atoms with Crippen molar-refractivity contribution in [3.8, 4) is 0 Å². The second-order valence-electron chi connectivity index (χ2n) is 6.17. The van der Waals surface area contributed by atoms with Gasteiger partial charge in [-0.15, -0.1) is 0 Å². The normalized spacial score (nSPS) is 29.8. The summed E-state index contributed by atoms with van der Waals surface area (Å²) in [4.78, 5) is 11.5. The lowest BCUT2D eigenvalue weighted by Gasteiger charge is -2.33. The van der Waals surface area contributed by atoms with Crippen molar-refractivity contribution in [2.75, 3.05) is 13.1 Å². The standard InChI is InChI=1S/C13H26N2O2/c1-9-6-10(2)14-7-11(9)8-15-12(16)17-13(3,4)5/h9-11,14H,6-8H2,1-5H3,(H,15,16)/t9-,10-,11-/m1/s1. The van der Waals surface area contributed by atoms with E-state index in [1.807, 2.05) is 20.8 Å². The average Bonchev–Trinajstić information content (AvgIpc) is 2.13. The van der Waals surface area contributed by atoms with Gasteiger partial charge in [-0.1, -0.05) is 6.92 Å². The molecule has 1 fully saturated rings. The largest absolute Gasteiger partial charge is 0.444 e. The van der Waals surface area contributed by atoms with Gasteiger partial charge in [-0.05, 0) is 46.0 Å². The van der Waals surface area contributed by atoms with E-state index >= 15 is 0 Å². The summed E-state index contributed by atoms with van der Waals surface area (Å²) in [6.07, 6.45) is 0.851. The van der Waals surface area contributed by atoms with Gasteiger partial charge in [0.1, 0.15) is 5.60 Å². The van der Waals surface area contributed by atoms with Crippen molar-refractivity contribution in [2.24, 2.45) is 11.8 Å². The Morgan fingerprint density at radius 1 is 1.41 bits per heavy atom. The van der Waals surface area contributed by atoms with E-state index in [9.17, 15) is 4.79 Å². The van der Waals surface area contributed by atoms with Crippen molar-refractivity contribution in [2.45, 2.75) is 52.7 Å². The third-order valence-corrected chi connectivity index (χ3v) is 3.17. The van der Waals surface area contributed by atoms with Crippen LogP contribution >= 0.6 is 0 Å². The first kappa shape index (κ1) is 14.3. The fourth-order valence-corrected chi connectivity index (χ4v) is 2.19. The van der Waals surface area contributed by atoms with Gasteiger partial charge in [0, 0.05) is 19.1 Å². The van der Waals surface area contributed by atoms with E-state index in [-0.39, 0.29) is 6.09 Å². The molecular formula is C13H26N2O2. The molecule has 4 heteroatoms. The van der Waals surface area contributed by atoms with Crippen molar-refractivity contribution in [1.29, 1.82) is 0 Å². The molecule has 0 aliphatic carbocycles. The molecule has 1 rings (SSSR count). The molecule has 4 nitrogen and oxygen atoms in total. The molecule has 1 aliphatic heterocycles. The molecule has 1 amide bonds. The van der Waals surface area contributed by atoms with Gasteiger partial charge in [0.15, 0.2) is 0 Å². The summed E-state index contributed by atoms with van der Waals surface area (Å²) in [6, 6.07) is 0.586. The predicted molar refractivity (Wildman–Crippen MR) is 69.0 cm³/mol. The molecule has 17 heavy (non-hydrogen) atoms. The fourth-order valence-electron chi connectivity index (χ4n) is 2.19. The van der Waals surface area contributed by atoms with Crippen LogP contribution in [-0.2, 0) is 4.74 Å². The molecule has 0 aromatic carbocycles. The maximum Gasteiger partial charge on any atom is 0.407 e. The van der Waals surface area contributed by atoms with Crippen LogP contribution in [0.1, 0.15) is 41.0 Å². The molecule has 0 unspecified atom stereocenters. The van der Waals surface area contributed by atoms with Gasteiger partial charge in [0.25, 0.3) is 0 Å². The Labute approximate surface area is 104 Å².